The zero-order valence-electron chi connectivity index (χ0n) is 9.81. The molecular weight excluding hydrogens is 323 g/mol. The lowest BCUT2D eigenvalue weighted by Crippen LogP contribution is -2.04. The number of rotatable bonds is 2. The molecule has 0 saturated carbocycles. The number of halogens is 4. The van der Waals surface area contributed by atoms with Gasteiger partial charge >= 0.3 is 6.18 Å². The summed E-state index contributed by atoms with van der Waals surface area (Å²) in [7, 11) is 0. The number of carbonyl (C=O) groups is 1. The number of aromatic amines is 1. The van der Waals surface area contributed by atoms with Gasteiger partial charge in [0.1, 0.15) is 5.69 Å². The summed E-state index contributed by atoms with van der Waals surface area (Å²) in [6.45, 7) is 1.43. The minimum Gasteiger partial charge on any atom is -0.357 e. The van der Waals surface area contributed by atoms with E-state index in [1.165, 1.54) is 13.1 Å². The Morgan fingerprint density at radius 3 is 2.37 bits per heavy atom. The van der Waals surface area contributed by atoms with Gasteiger partial charge in [0.2, 0.25) is 0 Å². The molecule has 100 valence electrons. The molecule has 19 heavy (non-hydrogen) atoms. The highest BCUT2D eigenvalue weighted by atomic mass is 79.9. The van der Waals surface area contributed by atoms with Crippen LogP contribution in [-0.2, 0) is 6.18 Å². The number of hydrogen-bond donors (Lipinski definition) is 1. The molecule has 1 aromatic carbocycles. The monoisotopic (exact) mass is 331 g/mol. The number of hydrogen-bond acceptors (Lipinski definition) is 1. The van der Waals surface area contributed by atoms with Crippen molar-refractivity contribution in [2.75, 3.05) is 0 Å². The van der Waals surface area contributed by atoms with Gasteiger partial charge < -0.3 is 4.98 Å². The third-order valence-electron chi connectivity index (χ3n) is 2.67. The highest BCUT2D eigenvalue weighted by Gasteiger charge is 2.32. The van der Waals surface area contributed by atoms with Crippen molar-refractivity contribution in [2.24, 2.45) is 0 Å². The van der Waals surface area contributed by atoms with Crippen molar-refractivity contribution in [3.8, 4) is 11.1 Å². The molecule has 0 saturated heterocycles. The predicted molar refractivity (Wildman–Crippen MR) is 68.9 cm³/mol. The van der Waals surface area contributed by atoms with E-state index in [-0.39, 0.29) is 5.78 Å². The fourth-order valence-corrected chi connectivity index (χ4v) is 2.36. The molecule has 2 rings (SSSR count). The topological polar surface area (TPSA) is 32.9 Å². The molecule has 2 nitrogen and oxygen atoms in total. The second kappa shape index (κ2) is 4.85. The molecule has 0 aliphatic rings. The van der Waals surface area contributed by atoms with Crippen LogP contribution in [0.2, 0.25) is 0 Å². The first-order valence-corrected chi connectivity index (χ1v) is 6.15. The van der Waals surface area contributed by atoms with Crippen LogP contribution in [0, 0.1) is 0 Å². The molecule has 0 radical (unpaired) electrons. The maximum Gasteiger partial charge on any atom is 0.431 e. The average molecular weight is 332 g/mol. The first-order valence-electron chi connectivity index (χ1n) is 5.35. The lowest BCUT2D eigenvalue weighted by molar-refractivity contribution is -0.140. The number of aromatic nitrogens is 1. The smallest absolute Gasteiger partial charge is 0.357 e. The van der Waals surface area contributed by atoms with E-state index in [1.807, 2.05) is 0 Å². The Balaban J connectivity index is 2.40. The zero-order valence-corrected chi connectivity index (χ0v) is 11.4. The molecule has 0 atom stereocenters. The maximum atomic E-state index is 12.5. The number of ketones is 1. The van der Waals surface area contributed by atoms with Crippen LogP contribution < -0.4 is 0 Å². The van der Waals surface area contributed by atoms with Gasteiger partial charge in [-0.15, -0.1) is 0 Å². The van der Waals surface area contributed by atoms with Crippen LogP contribution in [0.4, 0.5) is 13.2 Å². The maximum absolute atomic E-state index is 12.5. The normalized spacial score (nSPS) is 11.6. The largest absolute Gasteiger partial charge is 0.431 e. The van der Waals surface area contributed by atoms with Gasteiger partial charge in [-0.3, -0.25) is 4.79 Å². The van der Waals surface area contributed by atoms with Crippen molar-refractivity contribution >= 4 is 21.7 Å². The van der Waals surface area contributed by atoms with E-state index in [9.17, 15) is 18.0 Å². The number of benzene rings is 1. The summed E-state index contributed by atoms with van der Waals surface area (Å²) in [6.07, 6.45) is -3.10. The van der Waals surface area contributed by atoms with Crippen molar-refractivity contribution in [1.82, 2.24) is 4.98 Å². The van der Waals surface area contributed by atoms with Crippen LogP contribution in [0.1, 0.15) is 23.0 Å². The van der Waals surface area contributed by atoms with Gasteiger partial charge in [0, 0.05) is 16.2 Å². The second-order valence-corrected chi connectivity index (χ2v) is 4.90. The van der Waals surface area contributed by atoms with E-state index in [2.05, 4.69) is 20.9 Å². The summed E-state index contributed by atoms with van der Waals surface area (Å²) in [4.78, 5) is 13.5. The van der Waals surface area contributed by atoms with Crippen molar-refractivity contribution in [1.29, 1.82) is 0 Å². The van der Waals surface area contributed by atoms with Crippen LogP contribution in [0.5, 0.6) is 0 Å². The van der Waals surface area contributed by atoms with Crippen LogP contribution >= 0.6 is 15.9 Å². The summed E-state index contributed by atoms with van der Waals surface area (Å²) in [6, 6.07) is 5.86. The summed E-state index contributed by atoms with van der Waals surface area (Å²) in [5, 5.41) is 0. The van der Waals surface area contributed by atoms with E-state index in [0.29, 0.717) is 21.2 Å². The molecular formula is C13H9BrF3NO. The van der Waals surface area contributed by atoms with Crippen molar-refractivity contribution in [3.63, 3.8) is 0 Å². The minimum atomic E-state index is -4.39. The molecule has 1 heterocycles. The molecule has 0 amide bonds. The fourth-order valence-electron chi connectivity index (χ4n) is 1.70. The highest BCUT2D eigenvalue weighted by molar-refractivity contribution is 9.10. The molecule has 0 fully saturated rings. The number of alkyl halides is 3. The average Bonchev–Trinajstić information content (AvgIpc) is 2.76. The number of H-pyrrole nitrogens is 1. The van der Waals surface area contributed by atoms with Gasteiger partial charge in [-0.1, -0.05) is 22.0 Å². The zero-order chi connectivity index (χ0) is 14.2. The van der Waals surface area contributed by atoms with Crippen LogP contribution in [0.3, 0.4) is 0 Å². The van der Waals surface area contributed by atoms with Crippen LogP contribution in [0.15, 0.2) is 34.9 Å². The first-order chi connectivity index (χ1) is 8.79. The van der Waals surface area contributed by atoms with Crippen molar-refractivity contribution in [2.45, 2.75) is 13.1 Å². The van der Waals surface area contributed by atoms with E-state index < -0.39 is 11.9 Å². The first kappa shape index (κ1) is 13.9. The van der Waals surface area contributed by atoms with E-state index in [4.69, 9.17) is 0 Å². The molecule has 6 heteroatoms. The lowest BCUT2D eigenvalue weighted by Gasteiger charge is -2.04. The van der Waals surface area contributed by atoms with Gasteiger partial charge in [0.15, 0.2) is 5.78 Å². The molecule has 0 bridgehead atoms. The molecule has 1 aromatic heterocycles. The van der Waals surface area contributed by atoms with Crippen molar-refractivity contribution in [3.05, 3.63) is 46.2 Å². The Bertz CT molecular complexity index is 631. The summed E-state index contributed by atoms with van der Waals surface area (Å²) in [5.41, 5.74) is 0.719. The van der Waals surface area contributed by atoms with E-state index in [0.717, 1.165) is 6.07 Å². The molecule has 0 spiro atoms. The SMILES string of the molecule is CC(=O)c1ccc(-c2c[nH]c(C(F)(F)F)c2)cc1Br. The second-order valence-electron chi connectivity index (χ2n) is 4.05. The Morgan fingerprint density at radius 2 is 1.89 bits per heavy atom. The molecule has 0 aliphatic carbocycles. The van der Waals surface area contributed by atoms with Gasteiger partial charge in [-0.05, 0) is 36.2 Å². The third kappa shape index (κ3) is 2.89. The van der Waals surface area contributed by atoms with Gasteiger partial charge in [0.05, 0.1) is 0 Å². The lowest BCUT2D eigenvalue weighted by atomic mass is 10.0. The van der Waals surface area contributed by atoms with Gasteiger partial charge in [0.25, 0.3) is 0 Å². The van der Waals surface area contributed by atoms with E-state index in [1.54, 1.807) is 18.2 Å². The summed E-state index contributed by atoms with van der Waals surface area (Å²) < 4.78 is 38.0. The van der Waals surface area contributed by atoms with Crippen LogP contribution in [-0.4, -0.2) is 10.8 Å². The fraction of sp³-hybridized carbons (Fsp3) is 0.154. The van der Waals surface area contributed by atoms with Crippen LogP contribution in [0.25, 0.3) is 11.1 Å². The molecule has 0 unspecified atom stereocenters. The number of carbonyl (C=O) groups excluding carboxylic acids is 1. The Morgan fingerprint density at radius 1 is 1.21 bits per heavy atom. The predicted octanol–water partition coefficient (Wildman–Crippen LogP) is 4.67. The standard InChI is InChI=1S/C13H9BrF3NO/c1-7(19)10-3-2-8(4-11(10)14)9-5-12(18-6-9)13(15,16)17/h2-6,18H,1H3. The Hall–Kier alpha value is -1.56. The molecule has 1 N–H and O–H groups in total. The molecule has 0 aliphatic heterocycles. The Kier molecular flexibility index (Phi) is 3.54. The quantitative estimate of drug-likeness (QED) is 0.797. The van der Waals surface area contributed by atoms with E-state index >= 15 is 0 Å². The van der Waals surface area contributed by atoms with Gasteiger partial charge in [-0.25, -0.2) is 0 Å². The third-order valence-corrected chi connectivity index (χ3v) is 3.33. The summed E-state index contributed by atoms with van der Waals surface area (Å²) >= 11 is 3.24. The van der Waals surface area contributed by atoms with Crippen molar-refractivity contribution < 1.29 is 18.0 Å². The Labute approximate surface area is 115 Å². The minimum absolute atomic E-state index is 0.108. The summed E-state index contributed by atoms with van der Waals surface area (Å²) in [5.74, 6) is -0.108. The number of nitrogens with one attached hydrogen (secondary N) is 1. The van der Waals surface area contributed by atoms with Gasteiger partial charge in [-0.2, -0.15) is 13.2 Å². The number of Topliss-reactive ketones (excluding diaryl/α,β-unsaturated/α-hetero) is 1. The highest BCUT2D eigenvalue weighted by Crippen LogP contribution is 2.33. The molecule has 2 aromatic rings.